The molecule has 6 heteroatoms. The minimum atomic E-state index is -0.246. The molecule has 0 atom stereocenters. The molecule has 5 nitrogen and oxygen atoms in total. The van der Waals surface area contributed by atoms with Crippen molar-refractivity contribution < 1.29 is 9.53 Å². The van der Waals surface area contributed by atoms with Crippen molar-refractivity contribution in [1.29, 1.82) is 0 Å². The van der Waals surface area contributed by atoms with Gasteiger partial charge >= 0.3 is 0 Å². The first kappa shape index (κ1) is 16.0. The summed E-state index contributed by atoms with van der Waals surface area (Å²) in [4.78, 5) is 16.4. The van der Waals surface area contributed by atoms with E-state index in [4.69, 9.17) is 10.5 Å². The molecular formula is C18H17N3O2S. The lowest BCUT2D eigenvalue weighted by Crippen LogP contribution is -2.20. The third kappa shape index (κ3) is 4.11. The number of thiazole rings is 1. The summed E-state index contributed by atoms with van der Waals surface area (Å²) in [6.07, 6.45) is 0. The van der Waals surface area contributed by atoms with Gasteiger partial charge in [-0.05, 0) is 31.2 Å². The Morgan fingerprint density at radius 2 is 2.04 bits per heavy atom. The molecule has 24 heavy (non-hydrogen) atoms. The minimum absolute atomic E-state index is 0.0593. The second-order valence-corrected chi connectivity index (χ2v) is 6.17. The Morgan fingerprint density at radius 3 is 2.79 bits per heavy atom. The number of anilines is 2. The van der Waals surface area contributed by atoms with Crippen LogP contribution in [-0.4, -0.2) is 17.5 Å². The van der Waals surface area contributed by atoms with Crippen LogP contribution in [0.25, 0.3) is 11.3 Å². The number of carbonyl (C=O) groups is 1. The summed E-state index contributed by atoms with van der Waals surface area (Å²) >= 11 is 1.36. The van der Waals surface area contributed by atoms with Crippen LogP contribution in [0.2, 0.25) is 0 Å². The van der Waals surface area contributed by atoms with Crippen molar-refractivity contribution >= 4 is 28.1 Å². The van der Waals surface area contributed by atoms with E-state index in [2.05, 4.69) is 10.3 Å². The fraction of sp³-hybridized carbons (Fsp3) is 0.111. The highest BCUT2D eigenvalue weighted by atomic mass is 32.1. The first-order valence-electron chi connectivity index (χ1n) is 7.41. The Bertz CT molecular complexity index is 843. The molecule has 0 fully saturated rings. The van der Waals surface area contributed by atoms with Gasteiger partial charge in [0.25, 0.3) is 5.91 Å². The van der Waals surface area contributed by atoms with Crippen molar-refractivity contribution in [3.63, 3.8) is 0 Å². The number of hydrogen-bond acceptors (Lipinski definition) is 5. The fourth-order valence-corrected chi connectivity index (χ4v) is 2.84. The van der Waals surface area contributed by atoms with E-state index in [0.717, 1.165) is 16.8 Å². The highest BCUT2D eigenvalue weighted by molar-refractivity contribution is 7.14. The Labute approximate surface area is 144 Å². The number of nitrogen functional groups attached to an aromatic ring is 1. The van der Waals surface area contributed by atoms with Gasteiger partial charge in [-0.3, -0.25) is 10.1 Å². The predicted molar refractivity (Wildman–Crippen MR) is 97.3 cm³/mol. The molecule has 1 heterocycles. The van der Waals surface area contributed by atoms with E-state index in [-0.39, 0.29) is 12.5 Å². The highest BCUT2D eigenvalue weighted by Crippen LogP contribution is 2.26. The number of carbonyl (C=O) groups excluding carboxylic acids is 1. The lowest BCUT2D eigenvalue weighted by molar-refractivity contribution is -0.118. The van der Waals surface area contributed by atoms with Crippen LogP contribution >= 0.6 is 11.3 Å². The summed E-state index contributed by atoms with van der Waals surface area (Å²) in [6.45, 7) is 1.94. The molecule has 3 rings (SSSR count). The standard InChI is InChI=1S/C18H17N3O2S/c1-12-5-7-15(8-6-12)23-10-17(22)21-18-20-16(11-24-18)13-3-2-4-14(19)9-13/h2-9,11H,10,19H2,1H3,(H,20,21,22). The van der Waals surface area contributed by atoms with Crippen LogP contribution in [0.4, 0.5) is 10.8 Å². The van der Waals surface area contributed by atoms with Crippen LogP contribution in [0.15, 0.2) is 53.9 Å². The molecule has 0 aliphatic rings. The summed E-state index contributed by atoms with van der Waals surface area (Å²) in [7, 11) is 0. The van der Waals surface area contributed by atoms with E-state index >= 15 is 0 Å². The zero-order valence-corrected chi connectivity index (χ0v) is 14.0. The van der Waals surface area contributed by atoms with E-state index in [9.17, 15) is 4.79 Å². The molecule has 1 aromatic heterocycles. The van der Waals surface area contributed by atoms with E-state index in [1.165, 1.54) is 11.3 Å². The van der Waals surface area contributed by atoms with E-state index in [1.807, 2.05) is 60.8 Å². The number of benzene rings is 2. The van der Waals surface area contributed by atoms with Crippen molar-refractivity contribution in [1.82, 2.24) is 4.98 Å². The zero-order valence-electron chi connectivity index (χ0n) is 13.2. The third-order valence-electron chi connectivity index (χ3n) is 3.32. The van der Waals surface area contributed by atoms with Gasteiger partial charge in [0.15, 0.2) is 11.7 Å². The van der Waals surface area contributed by atoms with Gasteiger partial charge < -0.3 is 10.5 Å². The van der Waals surface area contributed by atoms with E-state index in [0.29, 0.717) is 16.6 Å². The molecule has 0 saturated carbocycles. The van der Waals surface area contributed by atoms with Crippen LogP contribution in [0.5, 0.6) is 5.75 Å². The quantitative estimate of drug-likeness (QED) is 0.695. The van der Waals surface area contributed by atoms with Crippen LogP contribution in [0.3, 0.4) is 0 Å². The van der Waals surface area contributed by atoms with Crippen LogP contribution in [0.1, 0.15) is 5.56 Å². The second kappa shape index (κ2) is 7.14. The Balaban J connectivity index is 1.58. The molecule has 0 unspecified atom stereocenters. The molecule has 2 aromatic carbocycles. The molecule has 0 aliphatic carbocycles. The van der Waals surface area contributed by atoms with Gasteiger partial charge in [0.05, 0.1) is 5.69 Å². The van der Waals surface area contributed by atoms with Crippen molar-refractivity contribution in [3.05, 3.63) is 59.5 Å². The highest BCUT2D eigenvalue weighted by Gasteiger charge is 2.09. The van der Waals surface area contributed by atoms with Crippen LogP contribution < -0.4 is 15.8 Å². The fourth-order valence-electron chi connectivity index (χ4n) is 2.10. The zero-order chi connectivity index (χ0) is 16.9. The van der Waals surface area contributed by atoms with Crippen molar-refractivity contribution in [3.8, 4) is 17.0 Å². The van der Waals surface area contributed by atoms with Crippen molar-refractivity contribution in [2.45, 2.75) is 6.92 Å². The smallest absolute Gasteiger partial charge is 0.264 e. The predicted octanol–water partition coefficient (Wildman–Crippen LogP) is 3.72. The van der Waals surface area contributed by atoms with Gasteiger partial charge in [-0.2, -0.15) is 0 Å². The molecule has 1 amide bonds. The first-order chi connectivity index (χ1) is 11.6. The molecule has 122 valence electrons. The Morgan fingerprint density at radius 1 is 1.25 bits per heavy atom. The summed E-state index contributed by atoms with van der Waals surface area (Å²) < 4.78 is 5.45. The van der Waals surface area contributed by atoms with Gasteiger partial charge in [0, 0.05) is 16.6 Å². The number of ether oxygens (including phenoxy) is 1. The molecule has 0 aliphatic heterocycles. The number of nitrogens with zero attached hydrogens (tertiary/aromatic N) is 1. The number of aryl methyl sites for hydroxylation is 1. The molecule has 0 spiro atoms. The third-order valence-corrected chi connectivity index (χ3v) is 4.08. The summed E-state index contributed by atoms with van der Waals surface area (Å²) in [6, 6.07) is 15.0. The largest absolute Gasteiger partial charge is 0.484 e. The summed E-state index contributed by atoms with van der Waals surface area (Å²) in [5, 5.41) is 5.15. The number of hydrogen-bond donors (Lipinski definition) is 2. The monoisotopic (exact) mass is 339 g/mol. The van der Waals surface area contributed by atoms with Crippen molar-refractivity contribution in [2.75, 3.05) is 17.7 Å². The maximum Gasteiger partial charge on any atom is 0.264 e. The van der Waals surface area contributed by atoms with Crippen molar-refractivity contribution in [2.24, 2.45) is 0 Å². The van der Waals surface area contributed by atoms with E-state index < -0.39 is 0 Å². The number of amides is 1. The molecule has 0 radical (unpaired) electrons. The average Bonchev–Trinajstić information content (AvgIpc) is 3.03. The topological polar surface area (TPSA) is 77.2 Å². The maximum atomic E-state index is 12.0. The average molecular weight is 339 g/mol. The van der Waals surface area contributed by atoms with Gasteiger partial charge in [0.1, 0.15) is 5.75 Å². The van der Waals surface area contributed by atoms with Gasteiger partial charge in [-0.25, -0.2) is 4.98 Å². The SMILES string of the molecule is Cc1ccc(OCC(=O)Nc2nc(-c3cccc(N)c3)cs2)cc1. The molecule has 0 saturated heterocycles. The minimum Gasteiger partial charge on any atom is -0.484 e. The lowest BCUT2D eigenvalue weighted by atomic mass is 10.1. The first-order valence-corrected chi connectivity index (χ1v) is 8.29. The van der Waals surface area contributed by atoms with Crippen LogP contribution in [-0.2, 0) is 4.79 Å². The molecule has 3 N–H and O–H groups in total. The normalized spacial score (nSPS) is 10.4. The van der Waals surface area contributed by atoms with Gasteiger partial charge in [0.2, 0.25) is 0 Å². The number of aromatic nitrogens is 1. The molecule has 3 aromatic rings. The summed E-state index contributed by atoms with van der Waals surface area (Å²) in [5.41, 5.74) is 9.30. The van der Waals surface area contributed by atoms with E-state index in [1.54, 1.807) is 0 Å². The number of nitrogens with two attached hydrogens (primary N) is 1. The molecule has 0 bridgehead atoms. The number of rotatable bonds is 5. The number of nitrogens with one attached hydrogen (secondary N) is 1. The maximum absolute atomic E-state index is 12.0. The lowest BCUT2D eigenvalue weighted by Gasteiger charge is -2.06. The van der Waals surface area contributed by atoms with Gasteiger partial charge in [-0.15, -0.1) is 11.3 Å². The Hall–Kier alpha value is -2.86. The van der Waals surface area contributed by atoms with Gasteiger partial charge in [-0.1, -0.05) is 29.8 Å². The summed E-state index contributed by atoms with van der Waals surface area (Å²) in [5.74, 6) is 0.416. The van der Waals surface area contributed by atoms with Crippen LogP contribution in [0, 0.1) is 6.92 Å². The molecular weight excluding hydrogens is 322 g/mol. The Kier molecular flexibility index (Phi) is 4.77. The second-order valence-electron chi connectivity index (χ2n) is 5.31.